The summed E-state index contributed by atoms with van der Waals surface area (Å²) in [5, 5.41) is 11.2. The molecule has 0 radical (unpaired) electrons. The largest absolute Gasteiger partial charge is 0.480 e. The van der Waals surface area contributed by atoms with Gasteiger partial charge in [-0.15, -0.1) is 0 Å². The van der Waals surface area contributed by atoms with Crippen molar-refractivity contribution >= 4 is 39.5 Å². The normalized spacial score (nSPS) is 9.90. The van der Waals surface area contributed by atoms with Crippen LogP contribution >= 0.6 is 15.9 Å². The number of hydrogen-bond acceptors (Lipinski definition) is 3. The summed E-state index contributed by atoms with van der Waals surface area (Å²) in [6.07, 6.45) is 0. The van der Waals surface area contributed by atoms with Crippen molar-refractivity contribution in [3.8, 4) is 0 Å². The topological polar surface area (TPSA) is 113 Å². The van der Waals surface area contributed by atoms with Gasteiger partial charge in [0.1, 0.15) is 13.1 Å². The van der Waals surface area contributed by atoms with Gasteiger partial charge >= 0.3 is 12.0 Å². The molecule has 0 heterocycles. The number of nitrogens with two attached hydrogens (primary N) is 1. The number of carboxylic acids is 1. The maximum atomic E-state index is 11.9. The molecule has 0 aliphatic heterocycles. The van der Waals surface area contributed by atoms with Crippen LogP contribution < -0.4 is 11.1 Å². The number of carbonyl (C=O) groups excluding carboxylic acids is 2. The Bertz CT molecular complexity index is 532. The number of rotatable bonds is 5. The van der Waals surface area contributed by atoms with E-state index in [1.807, 2.05) is 6.92 Å². The molecule has 0 aliphatic rings. The van der Waals surface area contributed by atoms with Gasteiger partial charge in [0.25, 0.3) is 0 Å². The molecule has 0 bridgehead atoms. The number of urea groups is 1. The third kappa shape index (κ3) is 4.88. The van der Waals surface area contributed by atoms with Gasteiger partial charge in [0.15, 0.2) is 0 Å². The molecular formula is C12H14BrN3O4. The van der Waals surface area contributed by atoms with E-state index in [1.165, 1.54) is 0 Å². The van der Waals surface area contributed by atoms with E-state index in [9.17, 15) is 14.4 Å². The summed E-state index contributed by atoms with van der Waals surface area (Å²) in [6, 6.07) is 4.41. The lowest BCUT2D eigenvalue weighted by molar-refractivity contribution is -0.137. The van der Waals surface area contributed by atoms with Gasteiger partial charge in [0.2, 0.25) is 5.91 Å². The molecule has 0 aliphatic carbocycles. The Labute approximate surface area is 123 Å². The average Bonchev–Trinajstić information content (AvgIpc) is 2.32. The molecule has 0 spiro atoms. The van der Waals surface area contributed by atoms with E-state index in [1.54, 1.807) is 18.2 Å². The number of carbonyl (C=O) groups is 3. The third-order valence-corrected chi connectivity index (χ3v) is 3.26. The molecular weight excluding hydrogens is 330 g/mol. The van der Waals surface area contributed by atoms with E-state index in [0.29, 0.717) is 5.69 Å². The van der Waals surface area contributed by atoms with Crippen molar-refractivity contribution < 1.29 is 19.5 Å². The fourth-order valence-corrected chi connectivity index (χ4v) is 1.72. The van der Waals surface area contributed by atoms with Crippen LogP contribution in [0.25, 0.3) is 0 Å². The van der Waals surface area contributed by atoms with E-state index in [2.05, 4.69) is 21.2 Å². The van der Waals surface area contributed by atoms with Gasteiger partial charge in [-0.2, -0.15) is 0 Å². The number of hydrogen-bond donors (Lipinski definition) is 3. The highest BCUT2D eigenvalue weighted by molar-refractivity contribution is 9.10. The standard InChI is InChI=1S/C12H14BrN3O4/c1-7-4-8(2-3-9(7)13)15-12(20)16(5-10(14)17)6-11(18)19/h2-4H,5-6H2,1H3,(H2,14,17)(H,15,20)(H,18,19). The molecule has 1 rings (SSSR count). The molecule has 8 heteroatoms. The molecule has 1 aromatic rings. The van der Waals surface area contributed by atoms with Crippen molar-refractivity contribution in [3.63, 3.8) is 0 Å². The quantitative estimate of drug-likeness (QED) is 0.744. The number of nitrogens with zero attached hydrogens (tertiary/aromatic N) is 1. The van der Waals surface area contributed by atoms with Crippen LogP contribution in [0.3, 0.4) is 0 Å². The number of carboxylic acid groups (broad SMARTS) is 1. The number of nitrogens with one attached hydrogen (secondary N) is 1. The molecule has 0 unspecified atom stereocenters. The third-order valence-electron chi connectivity index (χ3n) is 2.37. The number of amides is 3. The smallest absolute Gasteiger partial charge is 0.323 e. The highest BCUT2D eigenvalue weighted by atomic mass is 79.9. The second kappa shape index (κ2) is 6.90. The number of benzene rings is 1. The van der Waals surface area contributed by atoms with Crippen LogP contribution in [0.1, 0.15) is 5.56 Å². The molecule has 108 valence electrons. The molecule has 7 nitrogen and oxygen atoms in total. The SMILES string of the molecule is Cc1cc(NC(=O)N(CC(N)=O)CC(=O)O)ccc1Br. The summed E-state index contributed by atoms with van der Waals surface area (Å²) in [4.78, 5) is 34.2. The van der Waals surface area contributed by atoms with Gasteiger partial charge in [0.05, 0.1) is 0 Å². The zero-order valence-electron chi connectivity index (χ0n) is 10.7. The minimum Gasteiger partial charge on any atom is -0.480 e. The van der Waals surface area contributed by atoms with E-state index >= 15 is 0 Å². The molecule has 20 heavy (non-hydrogen) atoms. The lowest BCUT2D eigenvalue weighted by Gasteiger charge is -2.19. The molecule has 0 fully saturated rings. The van der Waals surface area contributed by atoms with Gasteiger partial charge < -0.3 is 21.1 Å². The number of anilines is 1. The van der Waals surface area contributed by atoms with Gasteiger partial charge in [-0.3, -0.25) is 9.59 Å². The molecule has 1 aromatic carbocycles. The highest BCUT2D eigenvalue weighted by Crippen LogP contribution is 2.20. The average molecular weight is 344 g/mol. The van der Waals surface area contributed by atoms with Crippen molar-refractivity contribution in [1.29, 1.82) is 0 Å². The maximum absolute atomic E-state index is 11.9. The first kappa shape index (κ1) is 16.0. The minimum atomic E-state index is -1.23. The fraction of sp³-hybridized carbons (Fsp3) is 0.250. The molecule has 0 atom stereocenters. The van der Waals surface area contributed by atoms with E-state index < -0.39 is 31.0 Å². The van der Waals surface area contributed by atoms with Crippen LogP contribution in [0, 0.1) is 6.92 Å². The number of aliphatic carboxylic acids is 1. The Morgan fingerprint density at radius 1 is 1.35 bits per heavy atom. The molecule has 3 amide bonds. The summed E-state index contributed by atoms with van der Waals surface area (Å²) in [5.74, 6) is -2.01. The Morgan fingerprint density at radius 2 is 2.00 bits per heavy atom. The van der Waals surface area contributed by atoms with Crippen LogP contribution in [0.2, 0.25) is 0 Å². The van der Waals surface area contributed by atoms with E-state index in [-0.39, 0.29) is 0 Å². The van der Waals surface area contributed by atoms with Crippen molar-refractivity contribution in [2.75, 3.05) is 18.4 Å². The van der Waals surface area contributed by atoms with E-state index in [0.717, 1.165) is 14.9 Å². The lowest BCUT2D eigenvalue weighted by Crippen LogP contribution is -2.43. The van der Waals surface area contributed by atoms with Crippen molar-refractivity contribution in [2.45, 2.75) is 6.92 Å². The van der Waals surface area contributed by atoms with Gasteiger partial charge in [0, 0.05) is 10.2 Å². The molecule has 4 N–H and O–H groups in total. The lowest BCUT2D eigenvalue weighted by atomic mass is 10.2. The van der Waals surface area contributed by atoms with Gasteiger partial charge in [-0.25, -0.2) is 4.79 Å². The fourth-order valence-electron chi connectivity index (χ4n) is 1.48. The second-order valence-corrected chi connectivity index (χ2v) is 4.96. The van der Waals surface area contributed by atoms with Crippen LogP contribution in [0.5, 0.6) is 0 Å². The van der Waals surface area contributed by atoms with Crippen LogP contribution in [-0.4, -0.2) is 41.0 Å². The summed E-state index contributed by atoms with van der Waals surface area (Å²) in [6.45, 7) is 0.774. The van der Waals surface area contributed by atoms with Crippen molar-refractivity contribution in [3.05, 3.63) is 28.2 Å². The van der Waals surface area contributed by atoms with Crippen LogP contribution in [-0.2, 0) is 9.59 Å². The highest BCUT2D eigenvalue weighted by Gasteiger charge is 2.18. The first-order valence-corrected chi connectivity index (χ1v) is 6.41. The second-order valence-electron chi connectivity index (χ2n) is 4.11. The Hall–Kier alpha value is -2.09. The Balaban J connectivity index is 2.81. The zero-order valence-corrected chi connectivity index (χ0v) is 12.3. The maximum Gasteiger partial charge on any atom is 0.323 e. The van der Waals surface area contributed by atoms with E-state index in [4.69, 9.17) is 10.8 Å². The van der Waals surface area contributed by atoms with Crippen molar-refractivity contribution in [2.24, 2.45) is 5.73 Å². The Morgan fingerprint density at radius 3 is 2.50 bits per heavy atom. The first-order chi connectivity index (χ1) is 9.29. The number of halogens is 1. The van der Waals surface area contributed by atoms with Gasteiger partial charge in [-0.1, -0.05) is 15.9 Å². The van der Waals surface area contributed by atoms with Crippen LogP contribution in [0.4, 0.5) is 10.5 Å². The van der Waals surface area contributed by atoms with Gasteiger partial charge in [-0.05, 0) is 30.7 Å². The first-order valence-electron chi connectivity index (χ1n) is 5.61. The molecule has 0 aromatic heterocycles. The van der Waals surface area contributed by atoms with Crippen LogP contribution in [0.15, 0.2) is 22.7 Å². The minimum absolute atomic E-state index is 0.465. The summed E-state index contributed by atoms with van der Waals surface area (Å²) in [5.41, 5.74) is 6.39. The number of aryl methyl sites for hydroxylation is 1. The molecule has 0 saturated carbocycles. The summed E-state index contributed by atoms with van der Waals surface area (Å²) >= 11 is 3.33. The van der Waals surface area contributed by atoms with Crippen molar-refractivity contribution in [1.82, 2.24) is 4.90 Å². The summed E-state index contributed by atoms with van der Waals surface area (Å²) < 4.78 is 0.884. The predicted octanol–water partition coefficient (Wildman–Crippen LogP) is 1.16. The summed E-state index contributed by atoms with van der Waals surface area (Å²) in [7, 11) is 0. The number of primary amides is 1. The zero-order chi connectivity index (χ0) is 15.3. The Kier molecular flexibility index (Phi) is 5.51. The molecule has 0 saturated heterocycles. The monoisotopic (exact) mass is 343 g/mol. The predicted molar refractivity (Wildman–Crippen MR) is 76.3 cm³/mol.